The lowest BCUT2D eigenvalue weighted by Crippen LogP contribution is -2.27. The molecule has 1 atom stereocenters. The number of benzene rings is 1. The molecule has 1 aliphatic heterocycles. The van der Waals surface area contributed by atoms with Gasteiger partial charge in [0.2, 0.25) is 5.91 Å². The van der Waals surface area contributed by atoms with Gasteiger partial charge >= 0.3 is 0 Å². The number of hydrogen-bond donors (Lipinski definition) is 2. The minimum atomic E-state index is -0.607. The van der Waals surface area contributed by atoms with Gasteiger partial charge in [0, 0.05) is 11.3 Å². The molecule has 0 unspecified atom stereocenters. The molecule has 2 rings (SSSR count). The van der Waals surface area contributed by atoms with E-state index in [1.165, 1.54) is 19.1 Å². The first kappa shape index (κ1) is 17.8. The van der Waals surface area contributed by atoms with Crippen molar-refractivity contribution in [1.82, 2.24) is 5.32 Å². The average molecular weight is 345 g/mol. The summed E-state index contributed by atoms with van der Waals surface area (Å²) in [4.78, 5) is 23.1. The number of carbonyl (C=O) groups excluding carboxylic acids is 2. The molecule has 1 heterocycles. The molecule has 7 heteroatoms. The van der Waals surface area contributed by atoms with Crippen LogP contribution in [0.25, 0.3) is 0 Å². The second-order valence-electron chi connectivity index (χ2n) is 5.31. The summed E-state index contributed by atoms with van der Waals surface area (Å²) in [6.07, 6.45) is 0. The fraction of sp³-hybridized carbons (Fsp3) is 0.235. The molecule has 0 radical (unpaired) electrons. The largest absolute Gasteiger partial charge is 0.369 e. The molecule has 0 saturated heterocycles. The van der Waals surface area contributed by atoms with Gasteiger partial charge in [-0.05, 0) is 31.5 Å². The fourth-order valence-electron chi connectivity index (χ4n) is 2.63. The number of amides is 1. The highest BCUT2D eigenvalue weighted by atomic mass is 32.2. The summed E-state index contributed by atoms with van der Waals surface area (Å²) in [6, 6.07) is 7.79. The molecule has 5 nitrogen and oxygen atoms in total. The zero-order chi connectivity index (χ0) is 17.9. The van der Waals surface area contributed by atoms with Crippen LogP contribution in [0.2, 0.25) is 0 Å². The molecule has 124 valence electrons. The monoisotopic (exact) mass is 345 g/mol. The zero-order valence-corrected chi connectivity index (χ0v) is 14.0. The number of carbonyl (C=O) groups is 2. The molecule has 0 aromatic heterocycles. The molecular weight excluding hydrogens is 329 g/mol. The molecule has 24 heavy (non-hydrogen) atoms. The number of Topliss-reactive ketones (excluding diaryl/α,β-unsaturated/α-hetero) is 1. The number of nitrogens with two attached hydrogens (primary N) is 1. The Morgan fingerprint density at radius 2 is 2.00 bits per heavy atom. The van der Waals surface area contributed by atoms with E-state index in [1.807, 2.05) is 0 Å². The molecular formula is C17H16FN3O2S. The molecule has 1 aromatic rings. The van der Waals surface area contributed by atoms with Gasteiger partial charge in [0.05, 0.1) is 28.3 Å². The van der Waals surface area contributed by atoms with E-state index in [4.69, 9.17) is 5.73 Å². The molecule has 1 aromatic carbocycles. The number of halogens is 1. The standard InChI is InChI=1S/C17H16FN3O2S/c1-9-15(10(2)22)16(11-3-5-12(18)6-4-11)13(7-19)17(21-9)24-8-14(20)23/h3-6,16,21H,8H2,1-2H3,(H2,20,23)/t16-/m0/s1. The minimum absolute atomic E-state index is 0.00629. The number of nitrogens with zero attached hydrogens (tertiary/aromatic N) is 1. The van der Waals surface area contributed by atoms with Crippen molar-refractivity contribution >= 4 is 23.5 Å². The normalized spacial score (nSPS) is 17.3. The zero-order valence-electron chi connectivity index (χ0n) is 13.2. The molecule has 3 N–H and O–H groups in total. The number of allylic oxidation sites excluding steroid dienone is 3. The summed E-state index contributed by atoms with van der Waals surface area (Å²) in [6.45, 7) is 3.15. The Balaban J connectivity index is 2.57. The first-order valence-corrected chi connectivity index (χ1v) is 8.13. The number of nitrogens with one attached hydrogen (secondary N) is 1. The maximum Gasteiger partial charge on any atom is 0.227 e. The third kappa shape index (κ3) is 3.66. The lowest BCUT2D eigenvalue weighted by molar-refractivity contribution is -0.115. The van der Waals surface area contributed by atoms with E-state index in [0.29, 0.717) is 27.4 Å². The summed E-state index contributed by atoms with van der Waals surface area (Å²) >= 11 is 1.11. The number of rotatable bonds is 5. The molecule has 1 amide bonds. The summed E-state index contributed by atoms with van der Waals surface area (Å²) in [5, 5.41) is 13.1. The van der Waals surface area contributed by atoms with Gasteiger partial charge in [-0.25, -0.2) is 4.39 Å². The second kappa shape index (κ2) is 7.32. The highest BCUT2D eigenvalue weighted by molar-refractivity contribution is 8.03. The van der Waals surface area contributed by atoms with Crippen molar-refractivity contribution < 1.29 is 14.0 Å². The van der Waals surface area contributed by atoms with Crippen LogP contribution in [0.5, 0.6) is 0 Å². The van der Waals surface area contributed by atoms with Crippen LogP contribution >= 0.6 is 11.8 Å². The third-order valence-corrected chi connectivity index (χ3v) is 4.63. The Kier molecular flexibility index (Phi) is 5.42. The van der Waals surface area contributed by atoms with Crippen LogP contribution in [0.1, 0.15) is 25.3 Å². The highest BCUT2D eigenvalue weighted by Gasteiger charge is 2.33. The van der Waals surface area contributed by atoms with E-state index in [0.717, 1.165) is 11.8 Å². The highest BCUT2D eigenvalue weighted by Crippen LogP contribution is 2.40. The van der Waals surface area contributed by atoms with Crippen LogP contribution in [0.15, 0.2) is 46.1 Å². The Morgan fingerprint density at radius 1 is 1.38 bits per heavy atom. The number of ketones is 1. The van der Waals surface area contributed by atoms with Crippen molar-refractivity contribution in [2.24, 2.45) is 5.73 Å². The Bertz CT molecular complexity index is 791. The van der Waals surface area contributed by atoms with Crippen LogP contribution in [-0.2, 0) is 9.59 Å². The van der Waals surface area contributed by atoms with E-state index < -0.39 is 17.6 Å². The third-order valence-electron chi connectivity index (χ3n) is 3.59. The smallest absolute Gasteiger partial charge is 0.227 e. The van der Waals surface area contributed by atoms with Crippen molar-refractivity contribution in [3.8, 4) is 6.07 Å². The van der Waals surface area contributed by atoms with Crippen LogP contribution in [0, 0.1) is 17.1 Å². The van der Waals surface area contributed by atoms with Crippen LogP contribution < -0.4 is 11.1 Å². The van der Waals surface area contributed by atoms with E-state index in [1.54, 1.807) is 19.1 Å². The van der Waals surface area contributed by atoms with Crippen molar-refractivity contribution in [3.05, 3.63) is 57.5 Å². The van der Waals surface area contributed by atoms with E-state index in [-0.39, 0.29) is 11.5 Å². The first-order chi connectivity index (χ1) is 11.3. The predicted octanol–water partition coefficient (Wildman–Crippen LogP) is 2.33. The van der Waals surface area contributed by atoms with Gasteiger partial charge < -0.3 is 11.1 Å². The second-order valence-corrected chi connectivity index (χ2v) is 6.30. The average Bonchev–Trinajstić information content (AvgIpc) is 2.52. The van der Waals surface area contributed by atoms with Crippen LogP contribution in [0.3, 0.4) is 0 Å². The number of nitriles is 1. The SMILES string of the molecule is CC(=O)C1=C(C)NC(SCC(N)=O)=C(C#N)[C@@H]1c1ccc(F)cc1. The number of thioether (sulfide) groups is 1. The van der Waals surface area contributed by atoms with Gasteiger partial charge in [-0.3, -0.25) is 9.59 Å². The number of dihydropyridines is 1. The van der Waals surface area contributed by atoms with E-state index >= 15 is 0 Å². The first-order valence-electron chi connectivity index (χ1n) is 7.14. The van der Waals surface area contributed by atoms with Crippen molar-refractivity contribution in [2.75, 3.05) is 5.75 Å². The van der Waals surface area contributed by atoms with E-state index in [2.05, 4.69) is 11.4 Å². The molecule has 0 spiro atoms. The van der Waals surface area contributed by atoms with Gasteiger partial charge in [0.25, 0.3) is 0 Å². The van der Waals surface area contributed by atoms with E-state index in [9.17, 15) is 19.2 Å². The fourth-order valence-corrected chi connectivity index (χ4v) is 3.46. The molecule has 0 saturated carbocycles. The Hall–Kier alpha value is -2.59. The van der Waals surface area contributed by atoms with Gasteiger partial charge in [0.15, 0.2) is 5.78 Å². The summed E-state index contributed by atoms with van der Waals surface area (Å²) in [5.74, 6) is -1.69. The molecule has 0 fully saturated rings. The number of primary amides is 1. The maximum absolute atomic E-state index is 13.2. The maximum atomic E-state index is 13.2. The van der Waals surface area contributed by atoms with Gasteiger partial charge in [-0.1, -0.05) is 23.9 Å². The molecule has 1 aliphatic rings. The topological polar surface area (TPSA) is 96.0 Å². The van der Waals surface area contributed by atoms with Gasteiger partial charge in [-0.2, -0.15) is 5.26 Å². The summed E-state index contributed by atoms with van der Waals surface area (Å²) in [7, 11) is 0. The number of hydrogen-bond acceptors (Lipinski definition) is 5. The quantitative estimate of drug-likeness (QED) is 0.854. The minimum Gasteiger partial charge on any atom is -0.369 e. The Labute approximate surface area is 143 Å². The Morgan fingerprint density at radius 3 is 2.50 bits per heavy atom. The van der Waals surface area contributed by atoms with Crippen LogP contribution in [0.4, 0.5) is 4.39 Å². The van der Waals surface area contributed by atoms with Crippen molar-refractivity contribution in [1.29, 1.82) is 5.26 Å². The van der Waals surface area contributed by atoms with Crippen molar-refractivity contribution in [2.45, 2.75) is 19.8 Å². The lowest BCUT2D eigenvalue weighted by atomic mass is 9.81. The lowest BCUT2D eigenvalue weighted by Gasteiger charge is -2.29. The van der Waals surface area contributed by atoms with Gasteiger partial charge in [-0.15, -0.1) is 0 Å². The van der Waals surface area contributed by atoms with Crippen LogP contribution in [-0.4, -0.2) is 17.4 Å². The molecule has 0 bridgehead atoms. The van der Waals surface area contributed by atoms with Crippen molar-refractivity contribution in [3.63, 3.8) is 0 Å². The van der Waals surface area contributed by atoms with Gasteiger partial charge in [0.1, 0.15) is 5.82 Å². The molecule has 0 aliphatic carbocycles. The summed E-state index contributed by atoms with van der Waals surface area (Å²) in [5.41, 5.74) is 7.16. The summed E-state index contributed by atoms with van der Waals surface area (Å²) < 4.78 is 13.2. The predicted molar refractivity (Wildman–Crippen MR) is 89.9 cm³/mol.